The van der Waals surface area contributed by atoms with Crippen LogP contribution in [-0.2, 0) is 18.4 Å². The molecule has 1 heterocycles. The van der Waals surface area contributed by atoms with Crippen molar-refractivity contribution >= 4 is 17.4 Å². The molecule has 0 radical (unpaired) electrons. The standard InChI is InChI=1S/C24H30N2O3/c1-6-17-19-13-25-14-24(4,5)20(19)9-10-21(17)26-23(28)16-8-11-22(29-7-2)18(12-16)15(3)27/h8-12,25H,6-7,13-14H2,1-5H3,(H,26,28). The molecule has 0 atom stereocenters. The Balaban J connectivity index is 1.94. The maximum absolute atomic E-state index is 12.9. The van der Waals surface area contributed by atoms with Crippen molar-refractivity contribution in [2.75, 3.05) is 18.5 Å². The zero-order valence-corrected chi connectivity index (χ0v) is 17.9. The molecule has 0 unspecified atom stereocenters. The summed E-state index contributed by atoms with van der Waals surface area (Å²) in [6, 6.07) is 9.13. The maximum Gasteiger partial charge on any atom is 0.255 e. The molecule has 5 heteroatoms. The summed E-state index contributed by atoms with van der Waals surface area (Å²) < 4.78 is 5.51. The van der Waals surface area contributed by atoms with Gasteiger partial charge in [-0.1, -0.05) is 26.8 Å². The van der Waals surface area contributed by atoms with Gasteiger partial charge in [0.1, 0.15) is 5.75 Å². The quantitative estimate of drug-likeness (QED) is 0.709. The number of rotatable bonds is 6. The molecule has 0 bridgehead atoms. The predicted octanol–water partition coefficient (Wildman–Crippen LogP) is 4.48. The first-order valence-electron chi connectivity index (χ1n) is 10.2. The summed E-state index contributed by atoms with van der Waals surface area (Å²) in [5.74, 6) is 0.153. The average molecular weight is 395 g/mol. The molecule has 1 aliphatic heterocycles. The maximum atomic E-state index is 12.9. The van der Waals surface area contributed by atoms with Gasteiger partial charge in [0.2, 0.25) is 0 Å². The van der Waals surface area contributed by atoms with E-state index >= 15 is 0 Å². The summed E-state index contributed by atoms with van der Waals surface area (Å²) in [5.41, 5.74) is 5.53. The number of fused-ring (bicyclic) bond motifs is 1. The molecule has 2 N–H and O–H groups in total. The number of anilines is 1. The van der Waals surface area contributed by atoms with E-state index in [0.29, 0.717) is 23.5 Å². The summed E-state index contributed by atoms with van der Waals surface area (Å²) in [6.07, 6.45) is 0.832. The van der Waals surface area contributed by atoms with Gasteiger partial charge < -0.3 is 15.4 Å². The van der Waals surface area contributed by atoms with Crippen LogP contribution < -0.4 is 15.4 Å². The Morgan fingerprint density at radius 2 is 1.93 bits per heavy atom. The number of ketones is 1. The molecule has 1 amide bonds. The van der Waals surface area contributed by atoms with Crippen LogP contribution in [0.1, 0.15) is 72.0 Å². The Bertz CT molecular complexity index is 947. The molecular weight excluding hydrogens is 364 g/mol. The highest BCUT2D eigenvalue weighted by Gasteiger charge is 2.29. The first kappa shape index (κ1) is 21.1. The average Bonchev–Trinajstić information content (AvgIpc) is 2.67. The summed E-state index contributed by atoms with van der Waals surface area (Å²) in [7, 11) is 0. The second kappa shape index (κ2) is 8.37. The van der Waals surface area contributed by atoms with Crippen LogP contribution in [0.5, 0.6) is 5.75 Å². The van der Waals surface area contributed by atoms with E-state index in [1.54, 1.807) is 18.2 Å². The van der Waals surface area contributed by atoms with E-state index in [1.807, 2.05) is 13.0 Å². The Labute approximate surface area is 172 Å². The minimum atomic E-state index is -0.228. The van der Waals surface area contributed by atoms with Crippen molar-refractivity contribution in [2.45, 2.75) is 53.0 Å². The van der Waals surface area contributed by atoms with Gasteiger partial charge >= 0.3 is 0 Å². The molecule has 154 valence electrons. The van der Waals surface area contributed by atoms with Crippen LogP contribution in [0.2, 0.25) is 0 Å². The number of Topliss-reactive ketones (excluding diaryl/α,β-unsaturated/α-hetero) is 1. The lowest BCUT2D eigenvalue weighted by Gasteiger charge is -2.35. The molecular formula is C24H30N2O3. The van der Waals surface area contributed by atoms with Gasteiger partial charge in [-0.3, -0.25) is 9.59 Å². The van der Waals surface area contributed by atoms with E-state index in [9.17, 15) is 9.59 Å². The molecule has 5 nitrogen and oxygen atoms in total. The van der Waals surface area contributed by atoms with Crippen molar-refractivity contribution in [3.63, 3.8) is 0 Å². The first-order chi connectivity index (χ1) is 13.8. The van der Waals surface area contributed by atoms with Gasteiger partial charge in [-0.15, -0.1) is 0 Å². The van der Waals surface area contributed by atoms with E-state index < -0.39 is 0 Å². The molecule has 0 aromatic heterocycles. The normalized spacial score (nSPS) is 14.8. The van der Waals surface area contributed by atoms with Crippen molar-refractivity contribution in [3.05, 3.63) is 58.1 Å². The van der Waals surface area contributed by atoms with Crippen molar-refractivity contribution < 1.29 is 14.3 Å². The van der Waals surface area contributed by atoms with Crippen molar-refractivity contribution in [3.8, 4) is 5.75 Å². The molecule has 29 heavy (non-hydrogen) atoms. The third-order valence-electron chi connectivity index (χ3n) is 5.55. The number of nitrogens with one attached hydrogen (secondary N) is 2. The van der Waals surface area contributed by atoms with Crippen LogP contribution in [0.4, 0.5) is 5.69 Å². The molecule has 1 aliphatic rings. The third-order valence-corrected chi connectivity index (χ3v) is 5.55. The van der Waals surface area contributed by atoms with Crippen LogP contribution >= 0.6 is 0 Å². The molecule has 0 aliphatic carbocycles. The SMILES string of the molecule is CCOc1ccc(C(=O)Nc2ccc3c(c2CC)CNCC3(C)C)cc1C(C)=O. The molecule has 0 fully saturated rings. The minimum Gasteiger partial charge on any atom is -0.493 e. The van der Waals surface area contributed by atoms with Gasteiger partial charge in [0, 0.05) is 29.8 Å². The number of hydrogen-bond acceptors (Lipinski definition) is 4. The number of hydrogen-bond donors (Lipinski definition) is 2. The Morgan fingerprint density at radius 1 is 1.17 bits per heavy atom. The van der Waals surface area contributed by atoms with Gasteiger partial charge in [0.05, 0.1) is 12.2 Å². The number of ether oxygens (including phenoxy) is 1. The topological polar surface area (TPSA) is 67.4 Å². The van der Waals surface area contributed by atoms with Crippen molar-refractivity contribution in [1.29, 1.82) is 0 Å². The number of carbonyl (C=O) groups excluding carboxylic acids is 2. The molecule has 3 rings (SSSR count). The Kier molecular flexibility index (Phi) is 6.08. The van der Waals surface area contributed by atoms with Gasteiger partial charge in [0.15, 0.2) is 5.78 Å². The number of carbonyl (C=O) groups is 2. The van der Waals surface area contributed by atoms with Gasteiger partial charge in [0.25, 0.3) is 5.91 Å². The summed E-state index contributed by atoms with van der Waals surface area (Å²) in [5, 5.41) is 6.55. The zero-order chi connectivity index (χ0) is 21.2. The lowest BCUT2D eigenvalue weighted by molar-refractivity contribution is 0.101. The van der Waals surface area contributed by atoms with E-state index in [-0.39, 0.29) is 17.1 Å². The second-order valence-corrected chi connectivity index (χ2v) is 8.11. The fourth-order valence-corrected chi connectivity index (χ4v) is 4.07. The summed E-state index contributed by atoms with van der Waals surface area (Å²) >= 11 is 0. The highest BCUT2D eigenvalue weighted by Crippen LogP contribution is 2.35. The van der Waals surface area contributed by atoms with Crippen LogP contribution in [0.25, 0.3) is 0 Å². The lowest BCUT2D eigenvalue weighted by atomic mass is 9.77. The molecule has 0 spiro atoms. The van der Waals surface area contributed by atoms with E-state index in [4.69, 9.17) is 4.74 Å². The molecule has 2 aromatic carbocycles. The van der Waals surface area contributed by atoms with E-state index in [1.165, 1.54) is 18.1 Å². The molecule has 0 saturated heterocycles. The van der Waals surface area contributed by atoms with Crippen LogP contribution in [0.3, 0.4) is 0 Å². The zero-order valence-electron chi connectivity index (χ0n) is 17.9. The summed E-state index contributed by atoms with van der Waals surface area (Å²) in [4.78, 5) is 24.9. The fraction of sp³-hybridized carbons (Fsp3) is 0.417. The second-order valence-electron chi connectivity index (χ2n) is 8.11. The number of amides is 1. The Hall–Kier alpha value is -2.66. The van der Waals surface area contributed by atoms with E-state index in [0.717, 1.165) is 30.8 Å². The van der Waals surface area contributed by atoms with Crippen molar-refractivity contribution in [2.24, 2.45) is 0 Å². The smallest absolute Gasteiger partial charge is 0.255 e. The van der Waals surface area contributed by atoms with Gasteiger partial charge in [-0.05, 0) is 61.2 Å². The number of benzene rings is 2. The highest BCUT2D eigenvalue weighted by molar-refractivity contribution is 6.07. The summed E-state index contributed by atoms with van der Waals surface area (Å²) in [6.45, 7) is 12.1. The third kappa shape index (κ3) is 4.20. The van der Waals surface area contributed by atoms with Gasteiger partial charge in [-0.2, -0.15) is 0 Å². The first-order valence-corrected chi connectivity index (χ1v) is 10.2. The lowest BCUT2D eigenvalue weighted by Crippen LogP contribution is -2.39. The molecule has 0 saturated carbocycles. The van der Waals surface area contributed by atoms with Crippen molar-refractivity contribution in [1.82, 2.24) is 5.32 Å². The van der Waals surface area contributed by atoms with Crippen LogP contribution in [-0.4, -0.2) is 24.8 Å². The van der Waals surface area contributed by atoms with Crippen LogP contribution in [0.15, 0.2) is 30.3 Å². The molecule has 2 aromatic rings. The largest absolute Gasteiger partial charge is 0.493 e. The van der Waals surface area contributed by atoms with E-state index in [2.05, 4.69) is 37.5 Å². The Morgan fingerprint density at radius 3 is 2.59 bits per heavy atom. The fourth-order valence-electron chi connectivity index (χ4n) is 4.07. The van der Waals surface area contributed by atoms with Crippen LogP contribution in [0, 0.1) is 0 Å². The monoisotopic (exact) mass is 394 g/mol. The van der Waals surface area contributed by atoms with Gasteiger partial charge in [-0.25, -0.2) is 0 Å². The predicted molar refractivity (Wildman–Crippen MR) is 116 cm³/mol. The highest BCUT2D eigenvalue weighted by atomic mass is 16.5. The minimum absolute atomic E-state index is 0.0611.